The average molecular weight is 290 g/mol. The number of fused-ring (bicyclic) bond motifs is 1. The molecule has 116 valence electrons. The minimum atomic E-state index is 0.277. The SMILES string of the molecule is CN(C)CCC(c1ccc2c(c1)CCO2)C1CNCCO1. The highest BCUT2D eigenvalue weighted by Crippen LogP contribution is 2.32. The van der Waals surface area contributed by atoms with Crippen molar-refractivity contribution in [2.75, 3.05) is 46.9 Å². The molecule has 0 bridgehead atoms. The van der Waals surface area contributed by atoms with Gasteiger partial charge in [0.25, 0.3) is 0 Å². The van der Waals surface area contributed by atoms with Crippen LogP contribution in [0.15, 0.2) is 18.2 Å². The zero-order chi connectivity index (χ0) is 14.7. The second kappa shape index (κ2) is 6.77. The van der Waals surface area contributed by atoms with E-state index in [1.807, 2.05) is 0 Å². The Bertz CT molecular complexity index is 470. The van der Waals surface area contributed by atoms with E-state index in [9.17, 15) is 0 Å². The van der Waals surface area contributed by atoms with E-state index in [0.717, 1.165) is 51.4 Å². The first kappa shape index (κ1) is 14.8. The van der Waals surface area contributed by atoms with Crippen LogP contribution in [-0.2, 0) is 11.2 Å². The Hall–Kier alpha value is -1.10. The molecule has 4 nitrogen and oxygen atoms in total. The molecule has 0 spiro atoms. The molecule has 1 aromatic carbocycles. The van der Waals surface area contributed by atoms with Gasteiger partial charge in [0, 0.05) is 25.4 Å². The first-order valence-corrected chi connectivity index (χ1v) is 7.97. The lowest BCUT2D eigenvalue weighted by Gasteiger charge is -2.32. The summed E-state index contributed by atoms with van der Waals surface area (Å²) in [5.41, 5.74) is 2.75. The van der Waals surface area contributed by atoms with Crippen LogP contribution in [0.3, 0.4) is 0 Å². The fourth-order valence-electron chi connectivity index (χ4n) is 3.25. The lowest BCUT2D eigenvalue weighted by atomic mass is 9.88. The molecule has 3 rings (SSSR count). The summed E-state index contributed by atoms with van der Waals surface area (Å²) in [6.45, 7) is 4.64. The Balaban J connectivity index is 1.79. The van der Waals surface area contributed by atoms with E-state index in [2.05, 4.69) is 42.5 Å². The van der Waals surface area contributed by atoms with E-state index in [4.69, 9.17) is 9.47 Å². The van der Waals surface area contributed by atoms with Gasteiger partial charge in [0.1, 0.15) is 5.75 Å². The maximum Gasteiger partial charge on any atom is 0.122 e. The van der Waals surface area contributed by atoms with Gasteiger partial charge in [-0.3, -0.25) is 0 Å². The lowest BCUT2D eigenvalue weighted by molar-refractivity contribution is 0.00809. The molecule has 2 heterocycles. The van der Waals surface area contributed by atoms with E-state index in [1.165, 1.54) is 11.1 Å². The molecule has 0 amide bonds. The quantitative estimate of drug-likeness (QED) is 0.894. The van der Waals surface area contributed by atoms with E-state index in [0.29, 0.717) is 5.92 Å². The van der Waals surface area contributed by atoms with Gasteiger partial charge < -0.3 is 19.7 Å². The molecule has 2 atom stereocenters. The highest BCUT2D eigenvalue weighted by molar-refractivity contribution is 5.41. The maximum absolute atomic E-state index is 6.03. The highest BCUT2D eigenvalue weighted by Gasteiger charge is 2.27. The number of morpholine rings is 1. The fourth-order valence-corrected chi connectivity index (χ4v) is 3.25. The van der Waals surface area contributed by atoms with Crippen molar-refractivity contribution in [3.8, 4) is 5.75 Å². The summed E-state index contributed by atoms with van der Waals surface area (Å²) in [5, 5.41) is 3.46. The number of ether oxygens (including phenoxy) is 2. The predicted octanol–water partition coefficient (Wildman–Crippen LogP) is 1.65. The molecule has 0 aliphatic carbocycles. The van der Waals surface area contributed by atoms with Crippen LogP contribution in [0.5, 0.6) is 5.75 Å². The number of rotatable bonds is 5. The summed E-state index contributed by atoms with van der Waals surface area (Å²) in [7, 11) is 4.27. The maximum atomic E-state index is 6.03. The van der Waals surface area contributed by atoms with E-state index >= 15 is 0 Å². The standard InChI is InChI=1S/C17H26N2O2/c1-19(2)8-5-15(17-12-18-7-10-21-17)13-3-4-16-14(11-13)6-9-20-16/h3-4,11,15,17-18H,5-10,12H2,1-2H3. The lowest BCUT2D eigenvalue weighted by Crippen LogP contribution is -2.42. The van der Waals surface area contributed by atoms with Crippen molar-refractivity contribution in [2.24, 2.45) is 0 Å². The molecular weight excluding hydrogens is 264 g/mol. The van der Waals surface area contributed by atoms with E-state index in [1.54, 1.807) is 0 Å². The Morgan fingerprint density at radius 1 is 1.33 bits per heavy atom. The molecule has 1 aromatic rings. The van der Waals surface area contributed by atoms with Crippen LogP contribution in [0.2, 0.25) is 0 Å². The van der Waals surface area contributed by atoms with Crippen LogP contribution in [0, 0.1) is 0 Å². The topological polar surface area (TPSA) is 33.7 Å². The van der Waals surface area contributed by atoms with Crippen LogP contribution in [-0.4, -0.2) is 57.9 Å². The van der Waals surface area contributed by atoms with Crippen molar-refractivity contribution >= 4 is 0 Å². The smallest absolute Gasteiger partial charge is 0.122 e. The Morgan fingerprint density at radius 2 is 2.24 bits per heavy atom. The molecule has 0 aromatic heterocycles. The van der Waals surface area contributed by atoms with Crippen LogP contribution in [0.4, 0.5) is 0 Å². The largest absolute Gasteiger partial charge is 0.493 e. The van der Waals surface area contributed by atoms with E-state index < -0.39 is 0 Å². The number of hydrogen-bond acceptors (Lipinski definition) is 4. The van der Waals surface area contributed by atoms with Crippen molar-refractivity contribution in [3.05, 3.63) is 29.3 Å². The van der Waals surface area contributed by atoms with Crippen LogP contribution >= 0.6 is 0 Å². The van der Waals surface area contributed by atoms with Gasteiger partial charge in [0.2, 0.25) is 0 Å². The third kappa shape index (κ3) is 3.57. The van der Waals surface area contributed by atoms with Crippen molar-refractivity contribution in [3.63, 3.8) is 0 Å². The molecule has 1 fully saturated rings. The Kier molecular flexibility index (Phi) is 4.78. The minimum absolute atomic E-state index is 0.277. The molecule has 2 unspecified atom stereocenters. The zero-order valence-electron chi connectivity index (χ0n) is 13.1. The Morgan fingerprint density at radius 3 is 3.00 bits per heavy atom. The summed E-state index contributed by atoms with van der Waals surface area (Å²) >= 11 is 0. The minimum Gasteiger partial charge on any atom is -0.493 e. The van der Waals surface area contributed by atoms with Crippen LogP contribution in [0.25, 0.3) is 0 Å². The van der Waals surface area contributed by atoms with Crippen molar-refractivity contribution in [1.29, 1.82) is 0 Å². The average Bonchev–Trinajstić information content (AvgIpc) is 2.96. The third-order valence-corrected chi connectivity index (χ3v) is 4.43. The molecule has 4 heteroatoms. The van der Waals surface area contributed by atoms with Gasteiger partial charge in [-0.05, 0) is 44.3 Å². The summed E-state index contributed by atoms with van der Waals surface area (Å²) in [6, 6.07) is 6.69. The van der Waals surface area contributed by atoms with Gasteiger partial charge >= 0.3 is 0 Å². The predicted molar refractivity (Wildman–Crippen MR) is 84.2 cm³/mol. The second-order valence-corrected chi connectivity index (χ2v) is 6.28. The van der Waals surface area contributed by atoms with Gasteiger partial charge in [-0.1, -0.05) is 12.1 Å². The molecule has 0 saturated carbocycles. The molecule has 2 aliphatic rings. The summed E-state index contributed by atoms with van der Waals surface area (Å²) in [5.74, 6) is 1.51. The highest BCUT2D eigenvalue weighted by atomic mass is 16.5. The van der Waals surface area contributed by atoms with Gasteiger partial charge in [-0.25, -0.2) is 0 Å². The summed E-state index contributed by atoms with van der Waals surface area (Å²) < 4.78 is 11.7. The molecule has 21 heavy (non-hydrogen) atoms. The molecular formula is C17H26N2O2. The number of hydrogen-bond donors (Lipinski definition) is 1. The molecule has 1 saturated heterocycles. The first-order valence-electron chi connectivity index (χ1n) is 7.97. The van der Waals surface area contributed by atoms with E-state index in [-0.39, 0.29) is 6.10 Å². The van der Waals surface area contributed by atoms with Crippen molar-refractivity contribution in [2.45, 2.75) is 24.9 Å². The van der Waals surface area contributed by atoms with Crippen molar-refractivity contribution < 1.29 is 9.47 Å². The number of nitrogens with one attached hydrogen (secondary N) is 1. The second-order valence-electron chi connectivity index (χ2n) is 6.28. The molecule has 0 radical (unpaired) electrons. The van der Waals surface area contributed by atoms with Crippen LogP contribution < -0.4 is 10.1 Å². The molecule has 2 aliphatic heterocycles. The third-order valence-electron chi connectivity index (χ3n) is 4.43. The van der Waals surface area contributed by atoms with Gasteiger partial charge in [0.05, 0.1) is 19.3 Å². The fraction of sp³-hybridized carbons (Fsp3) is 0.647. The summed E-state index contributed by atoms with van der Waals surface area (Å²) in [6.07, 6.45) is 2.44. The normalized spacial score (nSPS) is 22.9. The van der Waals surface area contributed by atoms with Gasteiger partial charge in [-0.15, -0.1) is 0 Å². The van der Waals surface area contributed by atoms with Crippen molar-refractivity contribution in [1.82, 2.24) is 10.2 Å². The van der Waals surface area contributed by atoms with Gasteiger partial charge in [-0.2, -0.15) is 0 Å². The van der Waals surface area contributed by atoms with Gasteiger partial charge in [0.15, 0.2) is 0 Å². The molecule has 1 N–H and O–H groups in total. The number of benzene rings is 1. The first-order chi connectivity index (χ1) is 10.2. The Labute approximate surface area is 127 Å². The van der Waals surface area contributed by atoms with Crippen LogP contribution in [0.1, 0.15) is 23.5 Å². The zero-order valence-corrected chi connectivity index (χ0v) is 13.1. The number of nitrogens with zero attached hydrogens (tertiary/aromatic N) is 1. The monoisotopic (exact) mass is 290 g/mol. The summed E-state index contributed by atoms with van der Waals surface area (Å²) in [4.78, 5) is 2.25.